The van der Waals surface area contributed by atoms with E-state index >= 15 is 0 Å². The highest BCUT2D eigenvalue weighted by Gasteiger charge is 2.29. The van der Waals surface area contributed by atoms with E-state index in [-0.39, 0.29) is 15.8 Å². The molecule has 0 saturated carbocycles. The second-order valence-electron chi connectivity index (χ2n) is 7.65. The quantitative estimate of drug-likeness (QED) is 0.675. The van der Waals surface area contributed by atoms with Gasteiger partial charge in [-0.25, -0.2) is 8.42 Å². The van der Waals surface area contributed by atoms with Gasteiger partial charge in [-0.1, -0.05) is 11.6 Å². The minimum absolute atomic E-state index is 0.00956. The minimum atomic E-state index is -3.66. The lowest BCUT2D eigenvalue weighted by Gasteiger charge is -2.27. The van der Waals surface area contributed by atoms with Crippen molar-refractivity contribution in [2.45, 2.75) is 57.5 Å². The van der Waals surface area contributed by atoms with Gasteiger partial charge in [0.05, 0.1) is 30.2 Å². The fourth-order valence-corrected chi connectivity index (χ4v) is 5.59. The molecule has 1 aliphatic rings. The van der Waals surface area contributed by atoms with Crippen LogP contribution >= 0.6 is 11.6 Å². The molecule has 0 aliphatic carbocycles. The molecule has 1 heterocycles. The summed E-state index contributed by atoms with van der Waals surface area (Å²) in [7, 11) is -3.66. The molecule has 1 aromatic carbocycles. The van der Waals surface area contributed by atoms with Gasteiger partial charge in [-0.3, -0.25) is 4.79 Å². The van der Waals surface area contributed by atoms with E-state index in [0.717, 1.165) is 19.4 Å². The van der Waals surface area contributed by atoms with E-state index in [1.165, 1.54) is 21.3 Å². The molecule has 6 nitrogen and oxygen atoms in total. The smallest absolute Gasteiger partial charge is 0.251 e. The van der Waals surface area contributed by atoms with Crippen molar-refractivity contribution in [2.75, 3.05) is 26.2 Å². The van der Waals surface area contributed by atoms with Gasteiger partial charge in [0.25, 0.3) is 5.91 Å². The van der Waals surface area contributed by atoms with Gasteiger partial charge in [0.15, 0.2) is 0 Å². The van der Waals surface area contributed by atoms with Gasteiger partial charge in [0.2, 0.25) is 10.0 Å². The fraction of sp³-hybridized carbons (Fsp3) is 0.632. The van der Waals surface area contributed by atoms with E-state index in [0.29, 0.717) is 37.3 Å². The Balaban J connectivity index is 2.09. The molecule has 0 bridgehead atoms. The van der Waals surface area contributed by atoms with Crippen molar-refractivity contribution in [1.29, 1.82) is 0 Å². The van der Waals surface area contributed by atoms with Crippen LogP contribution in [0.1, 0.15) is 50.9 Å². The SMILES string of the molecule is CC(C)[NH+](CCNC(=O)c1ccc(Cl)c(S(=O)(=O)N2CCCC2)c1)C(C)C. The third kappa shape index (κ3) is 5.44. The minimum Gasteiger partial charge on any atom is -0.346 e. The van der Waals surface area contributed by atoms with Crippen molar-refractivity contribution in [3.63, 3.8) is 0 Å². The number of carbonyl (C=O) groups is 1. The Morgan fingerprint density at radius 1 is 1.19 bits per heavy atom. The number of nitrogens with zero attached hydrogens (tertiary/aromatic N) is 1. The Labute approximate surface area is 167 Å². The first-order valence-electron chi connectivity index (χ1n) is 9.58. The molecule has 1 saturated heterocycles. The first kappa shape index (κ1) is 22.1. The summed E-state index contributed by atoms with van der Waals surface area (Å²) in [4.78, 5) is 13.9. The average Bonchev–Trinajstić information content (AvgIpc) is 3.13. The molecule has 1 amide bonds. The summed E-state index contributed by atoms with van der Waals surface area (Å²) in [5.41, 5.74) is 0.313. The Morgan fingerprint density at radius 2 is 1.78 bits per heavy atom. The Hall–Kier alpha value is -1.15. The molecule has 152 valence electrons. The molecule has 0 aromatic heterocycles. The molecule has 0 radical (unpaired) electrons. The van der Waals surface area contributed by atoms with Crippen molar-refractivity contribution in [3.8, 4) is 0 Å². The summed E-state index contributed by atoms with van der Waals surface area (Å²) < 4.78 is 27.0. The number of benzene rings is 1. The predicted molar refractivity (Wildman–Crippen MR) is 108 cm³/mol. The number of nitrogens with one attached hydrogen (secondary N) is 2. The van der Waals surface area contributed by atoms with E-state index < -0.39 is 10.0 Å². The molecular weight excluding hydrogens is 386 g/mol. The van der Waals surface area contributed by atoms with Gasteiger partial charge in [0, 0.05) is 18.7 Å². The molecule has 1 aromatic rings. The summed E-state index contributed by atoms with van der Waals surface area (Å²) in [6.45, 7) is 11.0. The Kier molecular flexibility index (Phi) is 7.68. The van der Waals surface area contributed by atoms with Crippen LogP contribution < -0.4 is 10.2 Å². The Bertz CT molecular complexity index is 751. The van der Waals surface area contributed by atoms with Crippen molar-refractivity contribution in [1.82, 2.24) is 9.62 Å². The van der Waals surface area contributed by atoms with Crippen LogP contribution in [0.5, 0.6) is 0 Å². The predicted octanol–water partition coefficient (Wildman–Crippen LogP) is 1.56. The zero-order chi connectivity index (χ0) is 20.2. The standard InChI is InChI=1S/C19H30ClN3O3S/c1-14(2)23(15(3)4)12-9-21-19(24)16-7-8-17(20)18(13-16)27(25,26)22-10-5-6-11-22/h7-8,13-15H,5-6,9-12H2,1-4H3,(H,21,24)/p+1. The molecule has 27 heavy (non-hydrogen) atoms. The molecule has 8 heteroatoms. The van der Waals surface area contributed by atoms with E-state index in [9.17, 15) is 13.2 Å². The largest absolute Gasteiger partial charge is 0.346 e. The van der Waals surface area contributed by atoms with E-state index in [2.05, 4.69) is 33.0 Å². The second-order valence-corrected chi connectivity index (χ2v) is 9.96. The lowest BCUT2D eigenvalue weighted by molar-refractivity contribution is -0.941. The summed E-state index contributed by atoms with van der Waals surface area (Å²) in [5, 5.41) is 3.04. The molecule has 1 aliphatic heterocycles. The van der Waals surface area contributed by atoms with Crippen LogP contribution in [0.15, 0.2) is 23.1 Å². The molecule has 0 atom stereocenters. The highest BCUT2D eigenvalue weighted by Crippen LogP contribution is 2.28. The van der Waals surface area contributed by atoms with Gasteiger partial charge in [0.1, 0.15) is 4.90 Å². The number of hydrogen-bond acceptors (Lipinski definition) is 3. The van der Waals surface area contributed by atoms with E-state index in [4.69, 9.17) is 11.6 Å². The van der Waals surface area contributed by atoms with Gasteiger partial charge in [-0.05, 0) is 58.7 Å². The van der Waals surface area contributed by atoms with Gasteiger partial charge >= 0.3 is 0 Å². The van der Waals surface area contributed by atoms with Crippen molar-refractivity contribution in [2.24, 2.45) is 0 Å². The molecular formula is C19H31ClN3O3S+. The molecule has 2 rings (SSSR count). The van der Waals surface area contributed by atoms with E-state index in [1.807, 2.05) is 0 Å². The van der Waals surface area contributed by atoms with Gasteiger partial charge in [-0.2, -0.15) is 4.31 Å². The molecule has 1 fully saturated rings. The van der Waals surface area contributed by atoms with Crippen LogP contribution in [0.2, 0.25) is 5.02 Å². The maximum absolute atomic E-state index is 12.8. The first-order chi connectivity index (χ1) is 12.6. The maximum Gasteiger partial charge on any atom is 0.251 e. The normalized spacial score (nSPS) is 15.9. The van der Waals surface area contributed by atoms with Crippen LogP contribution in [0.3, 0.4) is 0 Å². The topological polar surface area (TPSA) is 70.9 Å². The summed E-state index contributed by atoms with van der Waals surface area (Å²) in [6, 6.07) is 5.38. The van der Waals surface area contributed by atoms with Crippen molar-refractivity contribution < 1.29 is 18.1 Å². The lowest BCUT2D eigenvalue weighted by Crippen LogP contribution is -3.18. The second kappa shape index (κ2) is 9.37. The number of carbonyl (C=O) groups excluding carboxylic acids is 1. The third-order valence-electron chi connectivity index (χ3n) is 5.06. The van der Waals surface area contributed by atoms with Crippen LogP contribution in [-0.2, 0) is 10.0 Å². The number of rotatable bonds is 8. The maximum atomic E-state index is 12.8. The zero-order valence-corrected chi connectivity index (χ0v) is 18.2. The monoisotopic (exact) mass is 416 g/mol. The number of sulfonamides is 1. The number of amides is 1. The van der Waals surface area contributed by atoms with Crippen LogP contribution in [0.25, 0.3) is 0 Å². The zero-order valence-electron chi connectivity index (χ0n) is 16.6. The number of quaternary nitrogens is 1. The summed E-state index contributed by atoms with van der Waals surface area (Å²) in [5.74, 6) is -0.281. The Morgan fingerprint density at radius 3 is 2.33 bits per heavy atom. The molecule has 2 N–H and O–H groups in total. The summed E-state index contributed by atoms with van der Waals surface area (Å²) >= 11 is 6.14. The van der Waals surface area contributed by atoms with Crippen LogP contribution in [-0.4, -0.2) is 56.9 Å². The lowest BCUT2D eigenvalue weighted by atomic mass is 10.2. The van der Waals surface area contributed by atoms with Gasteiger partial charge < -0.3 is 10.2 Å². The molecule has 0 spiro atoms. The summed E-state index contributed by atoms with van der Waals surface area (Å²) in [6.07, 6.45) is 1.70. The number of halogens is 1. The number of hydrogen-bond donors (Lipinski definition) is 2. The first-order valence-corrected chi connectivity index (χ1v) is 11.4. The fourth-order valence-electron chi connectivity index (χ4n) is 3.58. The highest BCUT2D eigenvalue weighted by molar-refractivity contribution is 7.89. The van der Waals surface area contributed by atoms with Crippen LogP contribution in [0, 0.1) is 0 Å². The highest BCUT2D eigenvalue weighted by atomic mass is 35.5. The van der Waals surface area contributed by atoms with E-state index in [1.54, 1.807) is 6.07 Å². The van der Waals surface area contributed by atoms with Crippen molar-refractivity contribution in [3.05, 3.63) is 28.8 Å². The average molecular weight is 417 g/mol. The molecule has 0 unspecified atom stereocenters. The van der Waals surface area contributed by atoms with Crippen LogP contribution in [0.4, 0.5) is 0 Å². The van der Waals surface area contributed by atoms with Gasteiger partial charge in [-0.15, -0.1) is 0 Å². The van der Waals surface area contributed by atoms with Crippen molar-refractivity contribution >= 4 is 27.5 Å². The third-order valence-corrected chi connectivity index (χ3v) is 7.44.